The Labute approximate surface area is 102 Å². The lowest BCUT2D eigenvalue weighted by atomic mass is 9.75. The van der Waals surface area contributed by atoms with E-state index in [2.05, 4.69) is 51.8 Å². The minimum Gasteiger partial charge on any atom is -0.312 e. The zero-order valence-electron chi connectivity index (χ0n) is 12.1. The number of nitrogens with one attached hydrogen (secondary N) is 1. The molecule has 0 aliphatic carbocycles. The van der Waals surface area contributed by atoms with Gasteiger partial charge in [0.05, 0.1) is 0 Å². The summed E-state index contributed by atoms with van der Waals surface area (Å²) in [6.07, 6.45) is 2.73. The molecule has 1 rings (SSSR count). The van der Waals surface area contributed by atoms with Crippen molar-refractivity contribution in [3.8, 4) is 0 Å². The van der Waals surface area contributed by atoms with Crippen molar-refractivity contribution in [3.05, 3.63) is 0 Å². The molecule has 0 spiro atoms. The van der Waals surface area contributed by atoms with E-state index < -0.39 is 0 Å². The molecule has 96 valence electrons. The molecule has 1 atom stereocenters. The first-order valence-electron chi connectivity index (χ1n) is 6.78. The largest absolute Gasteiger partial charge is 0.312 e. The Morgan fingerprint density at radius 3 is 1.94 bits per heavy atom. The van der Waals surface area contributed by atoms with Gasteiger partial charge in [0.25, 0.3) is 0 Å². The lowest BCUT2D eigenvalue weighted by Gasteiger charge is -2.48. The molecule has 0 aromatic heterocycles. The van der Waals surface area contributed by atoms with Crippen LogP contribution >= 0.6 is 0 Å². The van der Waals surface area contributed by atoms with Crippen LogP contribution in [-0.2, 0) is 0 Å². The number of nitrogens with zero attached hydrogens (tertiary/aromatic N) is 1. The maximum atomic E-state index is 3.70. The van der Waals surface area contributed by atoms with Gasteiger partial charge in [-0.25, -0.2) is 0 Å². The summed E-state index contributed by atoms with van der Waals surface area (Å²) in [6, 6.07) is 0.545. The van der Waals surface area contributed by atoms with Crippen LogP contribution < -0.4 is 5.32 Å². The Morgan fingerprint density at radius 2 is 1.56 bits per heavy atom. The monoisotopic (exact) mass is 226 g/mol. The third kappa shape index (κ3) is 2.98. The van der Waals surface area contributed by atoms with E-state index >= 15 is 0 Å². The number of likely N-dealkylation sites (N-methyl/N-ethyl adjacent to an activating group) is 1. The molecule has 2 nitrogen and oxygen atoms in total. The molecule has 0 aromatic rings. The lowest BCUT2D eigenvalue weighted by molar-refractivity contribution is 0.0535. The second kappa shape index (κ2) is 5.05. The molecule has 1 fully saturated rings. The Balaban J connectivity index is 2.82. The summed E-state index contributed by atoms with van der Waals surface area (Å²) in [6.45, 7) is 17.6. The topological polar surface area (TPSA) is 15.3 Å². The highest BCUT2D eigenvalue weighted by molar-refractivity contribution is 5.00. The van der Waals surface area contributed by atoms with Crippen LogP contribution in [0.1, 0.15) is 54.4 Å². The molecule has 1 aliphatic heterocycles. The molecular weight excluding hydrogens is 196 g/mol. The maximum absolute atomic E-state index is 3.70. The summed E-state index contributed by atoms with van der Waals surface area (Å²) in [7, 11) is 0. The highest BCUT2D eigenvalue weighted by Crippen LogP contribution is 2.33. The van der Waals surface area contributed by atoms with Gasteiger partial charge in [0.1, 0.15) is 0 Å². The average Bonchev–Trinajstić information content (AvgIpc) is 2.64. The van der Waals surface area contributed by atoms with E-state index in [1.807, 2.05) is 0 Å². The highest BCUT2D eigenvalue weighted by Gasteiger charge is 2.42. The van der Waals surface area contributed by atoms with Gasteiger partial charge in [0.15, 0.2) is 0 Å². The molecular formula is C14H30N2. The van der Waals surface area contributed by atoms with Crippen molar-refractivity contribution in [1.29, 1.82) is 0 Å². The first-order chi connectivity index (χ1) is 7.30. The summed E-state index contributed by atoms with van der Waals surface area (Å²) in [5.74, 6) is 0. The fraction of sp³-hybridized carbons (Fsp3) is 1.00. The van der Waals surface area contributed by atoms with Gasteiger partial charge in [0.2, 0.25) is 0 Å². The summed E-state index contributed by atoms with van der Waals surface area (Å²) < 4.78 is 0. The van der Waals surface area contributed by atoms with Crippen LogP contribution in [0.3, 0.4) is 0 Å². The molecule has 16 heavy (non-hydrogen) atoms. The van der Waals surface area contributed by atoms with Crippen LogP contribution in [-0.4, -0.2) is 36.1 Å². The van der Waals surface area contributed by atoms with E-state index in [0.717, 1.165) is 6.54 Å². The summed E-state index contributed by atoms with van der Waals surface area (Å²) >= 11 is 0. The van der Waals surface area contributed by atoms with Crippen molar-refractivity contribution < 1.29 is 0 Å². The summed E-state index contributed by atoms with van der Waals surface area (Å²) in [5, 5.41) is 3.70. The summed E-state index contributed by atoms with van der Waals surface area (Å²) in [5.41, 5.74) is 0.562. The Kier molecular flexibility index (Phi) is 4.42. The maximum Gasteiger partial charge on any atom is 0.0311 e. The van der Waals surface area contributed by atoms with Gasteiger partial charge in [-0.1, -0.05) is 27.7 Å². The molecule has 0 bridgehead atoms. The van der Waals surface area contributed by atoms with Crippen molar-refractivity contribution >= 4 is 0 Å². The van der Waals surface area contributed by atoms with E-state index in [1.54, 1.807) is 0 Å². The molecule has 1 unspecified atom stereocenters. The van der Waals surface area contributed by atoms with Crippen LogP contribution in [0.4, 0.5) is 0 Å². The molecule has 0 amide bonds. The second-order valence-corrected chi connectivity index (χ2v) is 6.70. The molecule has 1 heterocycles. The van der Waals surface area contributed by atoms with Crippen LogP contribution in [0.2, 0.25) is 0 Å². The van der Waals surface area contributed by atoms with Gasteiger partial charge < -0.3 is 5.32 Å². The van der Waals surface area contributed by atoms with Gasteiger partial charge in [0, 0.05) is 11.6 Å². The SMILES string of the molecule is CCNC(C(C)(C)C)C(C)(C)N1CCCC1. The minimum absolute atomic E-state index is 0.255. The molecule has 0 radical (unpaired) electrons. The van der Waals surface area contributed by atoms with Crippen LogP contribution in [0.5, 0.6) is 0 Å². The predicted molar refractivity (Wildman–Crippen MR) is 71.8 cm³/mol. The van der Waals surface area contributed by atoms with Gasteiger partial charge in [-0.3, -0.25) is 4.90 Å². The third-order valence-corrected chi connectivity index (χ3v) is 3.90. The standard InChI is InChI=1S/C14H30N2/c1-7-15-12(13(2,3)4)14(5,6)16-10-8-9-11-16/h12,15H,7-11H2,1-6H3. The summed E-state index contributed by atoms with van der Waals surface area (Å²) in [4.78, 5) is 2.66. The average molecular weight is 226 g/mol. The fourth-order valence-electron chi connectivity index (χ4n) is 3.30. The van der Waals surface area contributed by atoms with Gasteiger partial charge in [-0.05, 0) is 51.7 Å². The second-order valence-electron chi connectivity index (χ2n) is 6.70. The molecule has 1 saturated heterocycles. The zero-order chi connectivity index (χ0) is 12.4. The van der Waals surface area contributed by atoms with Crippen LogP contribution in [0.15, 0.2) is 0 Å². The molecule has 2 heteroatoms. The van der Waals surface area contributed by atoms with Crippen molar-refractivity contribution in [2.24, 2.45) is 5.41 Å². The van der Waals surface area contributed by atoms with Gasteiger partial charge >= 0.3 is 0 Å². The third-order valence-electron chi connectivity index (χ3n) is 3.90. The highest BCUT2D eigenvalue weighted by atomic mass is 15.2. The van der Waals surface area contributed by atoms with E-state index in [0.29, 0.717) is 11.5 Å². The Morgan fingerprint density at radius 1 is 1.06 bits per heavy atom. The first-order valence-corrected chi connectivity index (χ1v) is 6.78. The quantitative estimate of drug-likeness (QED) is 0.793. The van der Waals surface area contributed by atoms with Crippen molar-refractivity contribution in [1.82, 2.24) is 10.2 Å². The van der Waals surface area contributed by atoms with Crippen LogP contribution in [0, 0.1) is 5.41 Å². The number of hydrogen-bond acceptors (Lipinski definition) is 2. The fourth-order valence-corrected chi connectivity index (χ4v) is 3.30. The Hall–Kier alpha value is -0.0800. The number of rotatable bonds is 4. The minimum atomic E-state index is 0.255. The van der Waals surface area contributed by atoms with Crippen LogP contribution in [0.25, 0.3) is 0 Å². The van der Waals surface area contributed by atoms with E-state index in [4.69, 9.17) is 0 Å². The Bertz CT molecular complexity index is 209. The van der Waals surface area contributed by atoms with Crippen molar-refractivity contribution in [2.75, 3.05) is 19.6 Å². The zero-order valence-corrected chi connectivity index (χ0v) is 12.1. The molecule has 1 N–H and O–H groups in total. The van der Waals surface area contributed by atoms with Gasteiger partial charge in [-0.2, -0.15) is 0 Å². The van der Waals surface area contributed by atoms with E-state index in [1.165, 1.54) is 25.9 Å². The first kappa shape index (κ1) is 14.0. The van der Waals surface area contributed by atoms with Crippen molar-refractivity contribution in [3.63, 3.8) is 0 Å². The smallest absolute Gasteiger partial charge is 0.0311 e. The predicted octanol–water partition coefficient (Wildman–Crippen LogP) is 2.89. The number of hydrogen-bond donors (Lipinski definition) is 1. The van der Waals surface area contributed by atoms with Gasteiger partial charge in [-0.15, -0.1) is 0 Å². The van der Waals surface area contributed by atoms with E-state index in [-0.39, 0.29) is 5.54 Å². The normalized spacial score (nSPS) is 21.4. The lowest BCUT2D eigenvalue weighted by Crippen LogP contribution is -2.61. The number of likely N-dealkylation sites (tertiary alicyclic amines) is 1. The molecule has 0 saturated carbocycles. The molecule has 1 aliphatic rings. The van der Waals surface area contributed by atoms with Crippen molar-refractivity contribution in [2.45, 2.75) is 66.0 Å². The molecule has 0 aromatic carbocycles. The van der Waals surface area contributed by atoms with E-state index in [9.17, 15) is 0 Å².